The number of esters is 2. The van der Waals surface area contributed by atoms with Crippen LogP contribution >= 0.6 is 0 Å². The van der Waals surface area contributed by atoms with Crippen molar-refractivity contribution in [2.75, 3.05) is 13.2 Å². The molecule has 5 heteroatoms. The van der Waals surface area contributed by atoms with E-state index in [1.165, 1.54) is 161 Å². The Labute approximate surface area is 471 Å². The van der Waals surface area contributed by atoms with Crippen LogP contribution in [-0.4, -0.2) is 36.4 Å². The summed E-state index contributed by atoms with van der Waals surface area (Å²) in [7, 11) is 0. The molecule has 434 valence electrons. The van der Waals surface area contributed by atoms with Gasteiger partial charge in [-0.05, 0) is 103 Å². The van der Waals surface area contributed by atoms with E-state index in [9.17, 15) is 14.7 Å². The minimum atomic E-state index is -0.781. The largest absolute Gasteiger partial charge is 0.462 e. The van der Waals surface area contributed by atoms with Gasteiger partial charge in [0.1, 0.15) is 6.61 Å². The number of hydrogen-bond acceptors (Lipinski definition) is 5. The lowest BCUT2D eigenvalue weighted by molar-refractivity contribution is -0.161. The molecule has 1 unspecified atom stereocenters. The summed E-state index contributed by atoms with van der Waals surface area (Å²) in [6.07, 6.45) is 96.4. The van der Waals surface area contributed by atoms with Crippen LogP contribution in [0.2, 0.25) is 0 Å². The Hall–Kier alpha value is -3.70. The predicted molar refractivity (Wildman–Crippen MR) is 334 cm³/mol. The van der Waals surface area contributed by atoms with E-state index in [4.69, 9.17) is 9.47 Å². The van der Waals surface area contributed by atoms with Crippen molar-refractivity contribution in [2.24, 2.45) is 0 Å². The highest BCUT2D eigenvalue weighted by molar-refractivity contribution is 5.70. The zero-order valence-corrected chi connectivity index (χ0v) is 49.7. The Morgan fingerprint density at radius 2 is 0.526 bits per heavy atom. The number of aliphatic hydroxyl groups excluding tert-OH is 1. The van der Waals surface area contributed by atoms with Crippen molar-refractivity contribution in [1.82, 2.24) is 0 Å². The first-order valence-electron chi connectivity index (χ1n) is 32.1. The van der Waals surface area contributed by atoms with Gasteiger partial charge in [-0.3, -0.25) is 9.59 Å². The maximum atomic E-state index is 12.3. The molecule has 0 fully saturated rings. The smallest absolute Gasteiger partial charge is 0.306 e. The van der Waals surface area contributed by atoms with Crippen molar-refractivity contribution < 1.29 is 24.2 Å². The van der Waals surface area contributed by atoms with Crippen molar-refractivity contribution in [3.8, 4) is 0 Å². The van der Waals surface area contributed by atoms with Gasteiger partial charge in [0.15, 0.2) is 6.10 Å². The lowest BCUT2D eigenvalue weighted by atomic mass is 10.0. The number of unbranched alkanes of at least 4 members (excludes halogenated alkanes) is 30. The van der Waals surface area contributed by atoms with Crippen LogP contribution in [0.4, 0.5) is 0 Å². The van der Waals surface area contributed by atoms with Crippen LogP contribution in [0.1, 0.15) is 296 Å². The van der Waals surface area contributed by atoms with Crippen molar-refractivity contribution in [3.05, 3.63) is 122 Å². The molecule has 0 spiro atoms. The third-order valence-corrected chi connectivity index (χ3v) is 13.8. The van der Waals surface area contributed by atoms with E-state index in [-0.39, 0.29) is 25.2 Å². The molecule has 1 atom stereocenters. The van der Waals surface area contributed by atoms with Gasteiger partial charge in [-0.15, -0.1) is 0 Å². The molecule has 0 aliphatic carbocycles. The van der Waals surface area contributed by atoms with Crippen molar-refractivity contribution in [1.29, 1.82) is 0 Å². The molecule has 0 amide bonds. The normalized spacial score (nSPS) is 13.0. The van der Waals surface area contributed by atoms with E-state index in [1.54, 1.807) is 0 Å². The second-order valence-electron chi connectivity index (χ2n) is 21.1. The first-order valence-corrected chi connectivity index (χ1v) is 32.1. The van der Waals surface area contributed by atoms with Gasteiger partial charge in [-0.25, -0.2) is 0 Å². The number of aliphatic hydroxyl groups is 1. The molecule has 0 saturated heterocycles. The lowest BCUT2D eigenvalue weighted by Gasteiger charge is -2.15. The van der Waals surface area contributed by atoms with Gasteiger partial charge in [-0.1, -0.05) is 302 Å². The third kappa shape index (κ3) is 62.8. The fraction of sp³-hybridized carbons (Fsp3) is 0.690. The van der Waals surface area contributed by atoms with E-state index in [0.29, 0.717) is 12.8 Å². The van der Waals surface area contributed by atoms with E-state index in [1.807, 2.05) is 0 Å². The van der Waals surface area contributed by atoms with E-state index < -0.39 is 6.10 Å². The van der Waals surface area contributed by atoms with E-state index in [2.05, 4.69) is 135 Å². The van der Waals surface area contributed by atoms with Crippen molar-refractivity contribution >= 4 is 11.9 Å². The minimum Gasteiger partial charge on any atom is -0.462 e. The number of carbonyl (C=O) groups is 2. The van der Waals surface area contributed by atoms with E-state index >= 15 is 0 Å². The van der Waals surface area contributed by atoms with Crippen LogP contribution in [0.3, 0.4) is 0 Å². The highest BCUT2D eigenvalue weighted by Gasteiger charge is 2.16. The standard InChI is InChI=1S/C71H120O5/c1-3-5-7-9-11-13-15-17-19-21-23-25-26-27-28-29-30-31-32-33-34-35-36-37-38-39-40-41-42-43-44-46-48-50-52-54-56-58-60-62-64-66-71(74)76-69(67-72)68-75-70(73)65-63-61-59-57-55-53-51-49-47-45-24-22-20-18-16-14-12-10-8-6-4-2/h5-8,11-14,17-20,23-25,27-28,30-31,45,69,72H,3-4,9-10,15-16,21-22,26,29,32-44,46-68H2,1-2H3/b7-5-,8-6-,13-11-,14-12-,19-17-,20-18-,25-23-,28-27-,31-30-,45-24-. The van der Waals surface area contributed by atoms with Crippen LogP contribution in [0.5, 0.6) is 0 Å². The van der Waals surface area contributed by atoms with Crippen LogP contribution in [0, 0.1) is 0 Å². The average molecular weight is 1050 g/mol. The van der Waals surface area contributed by atoms with Crippen molar-refractivity contribution in [2.45, 2.75) is 302 Å². The molecule has 0 aromatic rings. The molecular formula is C71H120O5. The zero-order valence-electron chi connectivity index (χ0n) is 49.7. The number of hydrogen-bond donors (Lipinski definition) is 1. The molecule has 0 aromatic carbocycles. The highest BCUT2D eigenvalue weighted by atomic mass is 16.6. The number of ether oxygens (including phenoxy) is 2. The molecule has 0 radical (unpaired) electrons. The van der Waals surface area contributed by atoms with Gasteiger partial charge < -0.3 is 14.6 Å². The summed E-state index contributed by atoms with van der Waals surface area (Å²) >= 11 is 0. The summed E-state index contributed by atoms with van der Waals surface area (Å²) in [5.41, 5.74) is 0. The predicted octanol–water partition coefficient (Wildman–Crippen LogP) is 22.2. The highest BCUT2D eigenvalue weighted by Crippen LogP contribution is 2.17. The molecule has 1 N–H and O–H groups in total. The Morgan fingerprint density at radius 3 is 0.789 bits per heavy atom. The molecule has 5 nitrogen and oxygen atoms in total. The Morgan fingerprint density at radius 1 is 0.303 bits per heavy atom. The number of allylic oxidation sites excluding steroid dienone is 20. The summed E-state index contributed by atoms with van der Waals surface area (Å²) in [6.45, 7) is 3.92. The van der Waals surface area contributed by atoms with Gasteiger partial charge in [0.2, 0.25) is 0 Å². The van der Waals surface area contributed by atoms with Gasteiger partial charge in [0.05, 0.1) is 6.61 Å². The van der Waals surface area contributed by atoms with Gasteiger partial charge >= 0.3 is 11.9 Å². The molecule has 0 bridgehead atoms. The maximum absolute atomic E-state index is 12.3. The monoisotopic (exact) mass is 1050 g/mol. The topological polar surface area (TPSA) is 72.8 Å². The van der Waals surface area contributed by atoms with Crippen LogP contribution in [0.15, 0.2) is 122 Å². The first kappa shape index (κ1) is 72.3. The molecule has 0 rings (SSSR count). The van der Waals surface area contributed by atoms with Crippen LogP contribution in [0.25, 0.3) is 0 Å². The maximum Gasteiger partial charge on any atom is 0.306 e. The summed E-state index contributed by atoms with van der Waals surface area (Å²) < 4.78 is 10.7. The molecule has 0 aliphatic heterocycles. The fourth-order valence-corrected chi connectivity index (χ4v) is 9.02. The van der Waals surface area contributed by atoms with Crippen LogP contribution < -0.4 is 0 Å². The molecular weight excluding hydrogens is 933 g/mol. The Kier molecular flexibility index (Phi) is 62.4. The summed E-state index contributed by atoms with van der Waals surface area (Å²) in [4.78, 5) is 24.6. The SMILES string of the molecule is CC/C=C\C/C=C\C/C=C\C/C=C\C/C=C\C/C=C\CCCCCCCCCCCCCCCCCCCCCCCCC(=O)OC(CO)COC(=O)CCCCCCCCCC/C=C\C/C=C\C/C=C\C/C=C\CC. The molecule has 76 heavy (non-hydrogen) atoms. The minimum absolute atomic E-state index is 0.0724. The van der Waals surface area contributed by atoms with Gasteiger partial charge in [0.25, 0.3) is 0 Å². The fourth-order valence-electron chi connectivity index (χ4n) is 9.02. The second-order valence-corrected chi connectivity index (χ2v) is 21.1. The quantitative estimate of drug-likeness (QED) is 0.0373. The number of rotatable bonds is 58. The van der Waals surface area contributed by atoms with Gasteiger partial charge in [0, 0.05) is 12.8 Å². The molecule has 0 aliphatic rings. The lowest BCUT2D eigenvalue weighted by Crippen LogP contribution is -2.28. The summed E-state index contributed by atoms with van der Waals surface area (Å²) in [5.74, 6) is -0.594. The molecule has 0 aromatic heterocycles. The van der Waals surface area contributed by atoms with Gasteiger partial charge in [-0.2, -0.15) is 0 Å². The zero-order chi connectivity index (χ0) is 54.8. The molecule has 0 heterocycles. The Bertz CT molecular complexity index is 1520. The average Bonchev–Trinajstić information content (AvgIpc) is 3.42. The first-order chi connectivity index (χ1) is 37.6. The summed E-state index contributed by atoms with van der Waals surface area (Å²) in [5, 5.41) is 9.67. The number of carbonyl (C=O) groups excluding carboxylic acids is 2. The van der Waals surface area contributed by atoms with Crippen molar-refractivity contribution in [3.63, 3.8) is 0 Å². The molecule has 0 saturated carbocycles. The van der Waals surface area contributed by atoms with E-state index in [0.717, 1.165) is 109 Å². The third-order valence-electron chi connectivity index (χ3n) is 13.8. The Balaban J connectivity index is 3.45. The van der Waals surface area contributed by atoms with Crippen LogP contribution in [-0.2, 0) is 19.1 Å². The summed E-state index contributed by atoms with van der Waals surface area (Å²) in [6, 6.07) is 0. The second kappa shape index (κ2) is 65.6.